The number of hydrogen-bond acceptors (Lipinski definition) is 3. The maximum atomic E-state index is 8.60. The van der Waals surface area contributed by atoms with Crippen LogP contribution in [0, 0.1) is 11.3 Å². The molecule has 0 unspecified atom stereocenters. The fourth-order valence-corrected chi connectivity index (χ4v) is 2.64. The Morgan fingerprint density at radius 1 is 1.05 bits per heavy atom. The minimum Gasteiger partial charge on any atom is -0.493 e. The molecule has 0 aliphatic carbocycles. The number of thioether (sulfide) groups is 1. The fraction of sp³-hybridized carbons (Fsp3) is 0.188. The molecule has 2 aromatic carbocycles. The molecule has 4 heteroatoms. The van der Waals surface area contributed by atoms with Gasteiger partial charge in [-0.1, -0.05) is 28.1 Å². The van der Waals surface area contributed by atoms with E-state index in [0.717, 1.165) is 21.5 Å². The first-order chi connectivity index (χ1) is 9.78. The summed E-state index contributed by atoms with van der Waals surface area (Å²) in [4.78, 5) is 1.24. The van der Waals surface area contributed by atoms with Crippen LogP contribution < -0.4 is 4.74 Å². The molecule has 2 aromatic rings. The van der Waals surface area contributed by atoms with E-state index in [4.69, 9.17) is 10.00 Å². The van der Waals surface area contributed by atoms with E-state index >= 15 is 0 Å². The average molecular weight is 348 g/mol. The molecule has 0 saturated heterocycles. The van der Waals surface area contributed by atoms with Gasteiger partial charge in [-0.15, -0.1) is 11.8 Å². The summed E-state index contributed by atoms with van der Waals surface area (Å²) in [7, 11) is 0. The monoisotopic (exact) mass is 347 g/mol. The van der Waals surface area contributed by atoms with Gasteiger partial charge in [-0.3, -0.25) is 0 Å². The van der Waals surface area contributed by atoms with Crippen molar-refractivity contribution in [3.05, 3.63) is 58.6 Å². The molecule has 0 N–H and O–H groups in total. The molecular weight excluding hydrogens is 334 g/mol. The second kappa shape index (κ2) is 7.98. The second-order valence-corrected chi connectivity index (χ2v) is 6.21. The van der Waals surface area contributed by atoms with Gasteiger partial charge in [-0.25, -0.2) is 0 Å². The summed E-state index contributed by atoms with van der Waals surface area (Å²) in [6.07, 6.45) is 0.444. The SMILES string of the molecule is N#CCc1ccc(OCCSc2ccc(Br)cc2)cc1. The summed E-state index contributed by atoms with van der Waals surface area (Å²) in [5.41, 5.74) is 1.02. The van der Waals surface area contributed by atoms with E-state index in [1.54, 1.807) is 11.8 Å². The van der Waals surface area contributed by atoms with Crippen molar-refractivity contribution in [2.75, 3.05) is 12.4 Å². The quantitative estimate of drug-likeness (QED) is 0.561. The molecule has 0 aliphatic rings. The van der Waals surface area contributed by atoms with E-state index in [1.807, 2.05) is 36.4 Å². The minimum atomic E-state index is 0.444. The van der Waals surface area contributed by atoms with Gasteiger partial charge in [0, 0.05) is 15.1 Å². The zero-order chi connectivity index (χ0) is 14.2. The van der Waals surface area contributed by atoms with Crippen molar-refractivity contribution < 1.29 is 4.74 Å². The maximum absolute atomic E-state index is 8.60. The van der Waals surface area contributed by atoms with Crippen molar-refractivity contribution >= 4 is 27.7 Å². The molecule has 0 aromatic heterocycles. The zero-order valence-electron chi connectivity index (χ0n) is 10.9. The maximum Gasteiger partial charge on any atom is 0.119 e. The van der Waals surface area contributed by atoms with Crippen LogP contribution in [0.15, 0.2) is 57.9 Å². The highest BCUT2D eigenvalue weighted by atomic mass is 79.9. The lowest BCUT2D eigenvalue weighted by molar-refractivity contribution is 0.344. The van der Waals surface area contributed by atoms with E-state index in [2.05, 4.69) is 34.1 Å². The smallest absolute Gasteiger partial charge is 0.119 e. The third-order valence-electron chi connectivity index (χ3n) is 2.64. The Kier molecular flexibility index (Phi) is 5.97. The summed E-state index contributed by atoms with van der Waals surface area (Å²) < 4.78 is 6.76. The highest BCUT2D eigenvalue weighted by Gasteiger charge is 1.97. The molecule has 0 saturated carbocycles. The van der Waals surface area contributed by atoms with Gasteiger partial charge in [0.05, 0.1) is 19.1 Å². The van der Waals surface area contributed by atoms with Gasteiger partial charge < -0.3 is 4.74 Å². The minimum absolute atomic E-state index is 0.444. The Balaban J connectivity index is 1.73. The molecular formula is C16H14BrNOS. The summed E-state index contributed by atoms with van der Waals surface area (Å²) in [5.74, 6) is 1.75. The Hall–Kier alpha value is -1.44. The molecule has 2 nitrogen and oxygen atoms in total. The predicted molar refractivity (Wildman–Crippen MR) is 86.1 cm³/mol. The van der Waals surface area contributed by atoms with Crippen molar-refractivity contribution in [2.24, 2.45) is 0 Å². The van der Waals surface area contributed by atoms with Gasteiger partial charge in [-0.05, 0) is 42.0 Å². The van der Waals surface area contributed by atoms with Crippen LogP contribution in [0.2, 0.25) is 0 Å². The standard InChI is InChI=1S/C16H14BrNOS/c17-14-3-7-16(8-4-14)20-12-11-19-15-5-1-13(2-6-15)9-10-18/h1-8H,9,11-12H2. The van der Waals surface area contributed by atoms with Crippen LogP contribution in [0.4, 0.5) is 0 Å². The number of nitrogens with zero attached hydrogens (tertiary/aromatic N) is 1. The first-order valence-electron chi connectivity index (χ1n) is 6.25. The van der Waals surface area contributed by atoms with Crippen LogP contribution in [0.1, 0.15) is 5.56 Å². The Morgan fingerprint density at radius 3 is 2.40 bits per heavy atom. The summed E-state index contributed by atoms with van der Waals surface area (Å²) in [6.45, 7) is 0.665. The molecule has 0 atom stereocenters. The summed E-state index contributed by atoms with van der Waals surface area (Å²) in [6, 6.07) is 18.1. The van der Waals surface area contributed by atoms with Crippen molar-refractivity contribution in [1.82, 2.24) is 0 Å². The molecule has 102 valence electrons. The molecule has 0 amide bonds. The number of hydrogen-bond donors (Lipinski definition) is 0. The van der Waals surface area contributed by atoms with Gasteiger partial charge >= 0.3 is 0 Å². The van der Waals surface area contributed by atoms with E-state index < -0.39 is 0 Å². The largest absolute Gasteiger partial charge is 0.493 e. The molecule has 2 rings (SSSR count). The molecule has 0 aliphatic heterocycles. The molecule has 0 fully saturated rings. The van der Waals surface area contributed by atoms with Crippen molar-refractivity contribution in [3.8, 4) is 11.8 Å². The third kappa shape index (κ3) is 4.92. The van der Waals surface area contributed by atoms with Crippen LogP contribution in [0.3, 0.4) is 0 Å². The van der Waals surface area contributed by atoms with Crippen molar-refractivity contribution in [1.29, 1.82) is 5.26 Å². The van der Waals surface area contributed by atoms with Crippen LogP contribution in [0.5, 0.6) is 5.75 Å². The lowest BCUT2D eigenvalue weighted by Crippen LogP contribution is -2.00. The summed E-state index contributed by atoms with van der Waals surface area (Å²) in [5, 5.41) is 8.60. The average Bonchev–Trinajstić information content (AvgIpc) is 2.47. The number of nitriles is 1. The molecule has 0 spiro atoms. The topological polar surface area (TPSA) is 33.0 Å². The second-order valence-electron chi connectivity index (χ2n) is 4.13. The predicted octanol–water partition coefficient (Wildman–Crippen LogP) is 4.69. The first-order valence-corrected chi connectivity index (χ1v) is 8.03. The number of benzene rings is 2. The molecule has 0 bridgehead atoms. The van der Waals surface area contributed by atoms with Crippen LogP contribution >= 0.6 is 27.7 Å². The van der Waals surface area contributed by atoms with Crippen molar-refractivity contribution in [2.45, 2.75) is 11.3 Å². The van der Waals surface area contributed by atoms with Gasteiger partial charge in [0.2, 0.25) is 0 Å². The normalized spacial score (nSPS) is 10.0. The Labute approximate surface area is 131 Å². The van der Waals surface area contributed by atoms with Crippen LogP contribution in [-0.4, -0.2) is 12.4 Å². The van der Waals surface area contributed by atoms with E-state index in [9.17, 15) is 0 Å². The number of halogens is 1. The fourth-order valence-electron chi connectivity index (χ4n) is 1.64. The zero-order valence-corrected chi connectivity index (χ0v) is 13.3. The molecule has 0 radical (unpaired) electrons. The number of rotatable bonds is 6. The Bertz CT molecular complexity index is 575. The van der Waals surface area contributed by atoms with E-state index in [0.29, 0.717) is 13.0 Å². The number of ether oxygens (including phenoxy) is 1. The third-order valence-corrected chi connectivity index (χ3v) is 4.15. The van der Waals surface area contributed by atoms with E-state index in [-0.39, 0.29) is 0 Å². The van der Waals surface area contributed by atoms with Crippen molar-refractivity contribution in [3.63, 3.8) is 0 Å². The lowest BCUT2D eigenvalue weighted by Gasteiger charge is -2.06. The molecule has 20 heavy (non-hydrogen) atoms. The van der Waals surface area contributed by atoms with Gasteiger partial charge in [0.15, 0.2) is 0 Å². The van der Waals surface area contributed by atoms with Gasteiger partial charge in [0.1, 0.15) is 5.75 Å². The highest BCUT2D eigenvalue weighted by Crippen LogP contribution is 2.21. The lowest BCUT2D eigenvalue weighted by atomic mass is 10.2. The van der Waals surface area contributed by atoms with Crippen LogP contribution in [-0.2, 0) is 6.42 Å². The van der Waals surface area contributed by atoms with Gasteiger partial charge in [-0.2, -0.15) is 5.26 Å². The van der Waals surface area contributed by atoms with E-state index in [1.165, 1.54) is 4.90 Å². The summed E-state index contributed by atoms with van der Waals surface area (Å²) >= 11 is 5.19. The highest BCUT2D eigenvalue weighted by molar-refractivity contribution is 9.10. The first kappa shape index (κ1) is 15.0. The van der Waals surface area contributed by atoms with Crippen LogP contribution in [0.25, 0.3) is 0 Å². The molecule has 0 heterocycles. The Morgan fingerprint density at radius 2 is 1.75 bits per heavy atom. The van der Waals surface area contributed by atoms with Gasteiger partial charge in [0.25, 0.3) is 0 Å².